The van der Waals surface area contributed by atoms with Crippen LogP contribution in [0.5, 0.6) is 5.75 Å². The van der Waals surface area contributed by atoms with Crippen molar-refractivity contribution in [3.8, 4) is 5.75 Å². The lowest BCUT2D eigenvalue weighted by Gasteiger charge is -2.29. The molecule has 0 unspecified atom stereocenters. The Morgan fingerprint density at radius 1 is 1.18 bits per heavy atom. The monoisotopic (exact) mass is 540 g/mol. The van der Waals surface area contributed by atoms with Gasteiger partial charge in [-0.15, -0.1) is 11.3 Å². The smallest absolute Gasteiger partial charge is 0.335 e. The molecule has 0 aliphatic carbocycles. The molecule has 0 saturated heterocycles. The van der Waals surface area contributed by atoms with Crippen molar-refractivity contribution in [2.24, 2.45) is 0 Å². The van der Waals surface area contributed by atoms with E-state index in [2.05, 4.69) is 34.4 Å². The summed E-state index contributed by atoms with van der Waals surface area (Å²) in [4.78, 5) is 45.4. The number of halogens is 1. The molecule has 0 fully saturated rings. The fourth-order valence-electron chi connectivity index (χ4n) is 4.24. The Bertz CT molecular complexity index is 1360. The Balaban J connectivity index is 1.55. The summed E-state index contributed by atoms with van der Waals surface area (Å²) >= 11 is 1.33. The molecule has 4 rings (SSSR count). The van der Waals surface area contributed by atoms with Crippen LogP contribution in [0.4, 0.5) is 15.8 Å². The van der Waals surface area contributed by atoms with Gasteiger partial charge in [-0.05, 0) is 56.7 Å². The molecule has 0 radical (unpaired) electrons. The summed E-state index contributed by atoms with van der Waals surface area (Å²) in [6, 6.07) is 8.49. The highest BCUT2D eigenvalue weighted by atomic mass is 32.1. The van der Waals surface area contributed by atoms with Gasteiger partial charge in [0.2, 0.25) is 5.91 Å². The zero-order valence-corrected chi connectivity index (χ0v) is 22.2. The quantitative estimate of drug-likeness (QED) is 0.363. The number of fused-ring (bicyclic) bond motifs is 1. The highest BCUT2D eigenvalue weighted by Crippen LogP contribution is 2.32. The van der Waals surface area contributed by atoms with Crippen LogP contribution in [0, 0.1) is 5.82 Å². The Hall–Kier alpha value is -3.83. The zero-order valence-electron chi connectivity index (χ0n) is 21.3. The molecule has 2 aromatic carbocycles. The molecule has 1 aromatic heterocycles. The van der Waals surface area contributed by atoms with Gasteiger partial charge in [-0.25, -0.2) is 14.2 Å². The average Bonchev–Trinajstić information content (AvgIpc) is 3.32. The predicted octanol–water partition coefficient (Wildman–Crippen LogP) is 4.58. The maximum absolute atomic E-state index is 13.2. The minimum Gasteiger partial charge on any atom is -0.496 e. The number of aromatic carboxylic acids is 1. The van der Waals surface area contributed by atoms with Gasteiger partial charge in [0, 0.05) is 53.8 Å². The number of hydrogen-bond acceptors (Lipinski definition) is 7. The minimum absolute atomic E-state index is 0.0135. The molecule has 0 atom stereocenters. The third-order valence-corrected chi connectivity index (χ3v) is 7.42. The number of nitrogens with zero attached hydrogens (tertiary/aromatic N) is 2. The third-order valence-electron chi connectivity index (χ3n) is 6.34. The van der Waals surface area contributed by atoms with Crippen molar-refractivity contribution in [1.29, 1.82) is 0 Å². The molecule has 38 heavy (non-hydrogen) atoms. The van der Waals surface area contributed by atoms with Crippen molar-refractivity contribution in [3.63, 3.8) is 0 Å². The topological polar surface area (TPSA) is 121 Å². The fraction of sp³-hybridized carbons (Fsp3) is 0.333. The molecule has 200 valence electrons. The van der Waals surface area contributed by atoms with Crippen LogP contribution >= 0.6 is 11.3 Å². The van der Waals surface area contributed by atoms with Crippen molar-refractivity contribution in [1.82, 2.24) is 9.88 Å². The van der Waals surface area contributed by atoms with Crippen LogP contribution < -0.4 is 15.4 Å². The van der Waals surface area contributed by atoms with Crippen molar-refractivity contribution in [3.05, 3.63) is 68.9 Å². The number of anilines is 2. The van der Waals surface area contributed by atoms with Crippen molar-refractivity contribution in [2.75, 3.05) is 24.3 Å². The number of benzene rings is 2. The molecule has 2 amide bonds. The molecule has 11 heteroatoms. The second-order valence-electron chi connectivity index (χ2n) is 9.22. The van der Waals surface area contributed by atoms with E-state index in [1.54, 1.807) is 0 Å². The number of nitrogens with one attached hydrogen (secondary N) is 2. The van der Waals surface area contributed by atoms with Gasteiger partial charge < -0.3 is 20.5 Å². The van der Waals surface area contributed by atoms with Crippen LogP contribution in [0.3, 0.4) is 0 Å². The fourth-order valence-corrected chi connectivity index (χ4v) is 5.27. The summed E-state index contributed by atoms with van der Waals surface area (Å²) in [6.07, 6.45) is 0.928. The first kappa shape index (κ1) is 27.2. The molecule has 2 heterocycles. The van der Waals surface area contributed by atoms with Crippen LogP contribution in [-0.4, -0.2) is 52.5 Å². The third kappa shape index (κ3) is 6.35. The van der Waals surface area contributed by atoms with E-state index < -0.39 is 17.7 Å². The molecule has 1 aliphatic rings. The highest BCUT2D eigenvalue weighted by Gasteiger charge is 2.25. The summed E-state index contributed by atoms with van der Waals surface area (Å²) in [6.45, 7) is 5.86. The van der Waals surface area contributed by atoms with E-state index in [0.29, 0.717) is 22.3 Å². The summed E-state index contributed by atoms with van der Waals surface area (Å²) in [5, 5.41) is 15.4. The van der Waals surface area contributed by atoms with Gasteiger partial charge >= 0.3 is 5.97 Å². The zero-order chi connectivity index (χ0) is 27.4. The first-order valence-corrected chi connectivity index (χ1v) is 13.0. The summed E-state index contributed by atoms with van der Waals surface area (Å²) in [5.74, 6) is -2.15. The lowest BCUT2D eigenvalue weighted by Crippen LogP contribution is -2.35. The Kier molecular flexibility index (Phi) is 8.38. The molecular weight excluding hydrogens is 511 g/mol. The maximum Gasteiger partial charge on any atom is 0.335 e. The number of hydrogen-bond donors (Lipinski definition) is 3. The van der Waals surface area contributed by atoms with Crippen LogP contribution in [0.25, 0.3) is 0 Å². The molecule has 9 nitrogen and oxygen atoms in total. The largest absolute Gasteiger partial charge is 0.496 e. The van der Waals surface area contributed by atoms with Gasteiger partial charge in [0.1, 0.15) is 11.6 Å². The van der Waals surface area contributed by atoms with E-state index in [-0.39, 0.29) is 35.7 Å². The SMILES string of the molecule is COc1cc(C(=O)O)cc(NC(=O)c2nc3c(s2)CN(C(C)C)CC3)c1CCC(=O)Nc1ccc(F)cc1. The Morgan fingerprint density at radius 2 is 1.92 bits per heavy atom. The lowest BCUT2D eigenvalue weighted by atomic mass is 10.0. The average molecular weight is 541 g/mol. The van der Waals surface area contributed by atoms with Gasteiger partial charge in [0.05, 0.1) is 18.4 Å². The van der Waals surface area contributed by atoms with Crippen LogP contribution in [0.1, 0.15) is 56.6 Å². The van der Waals surface area contributed by atoms with Crippen molar-refractivity contribution in [2.45, 2.75) is 45.7 Å². The van der Waals surface area contributed by atoms with Gasteiger partial charge in [-0.1, -0.05) is 0 Å². The maximum atomic E-state index is 13.2. The Labute approximate surface area is 223 Å². The second-order valence-corrected chi connectivity index (χ2v) is 10.3. The number of rotatable bonds is 9. The number of methoxy groups -OCH3 is 1. The highest BCUT2D eigenvalue weighted by molar-refractivity contribution is 7.13. The number of ether oxygens (including phenoxy) is 1. The van der Waals surface area contributed by atoms with Crippen molar-refractivity contribution < 1.29 is 28.6 Å². The van der Waals surface area contributed by atoms with E-state index in [1.165, 1.54) is 54.8 Å². The first-order chi connectivity index (χ1) is 18.1. The van der Waals surface area contributed by atoms with Crippen LogP contribution in [0.2, 0.25) is 0 Å². The number of carboxylic acids is 1. The van der Waals surface area contributed by atoms with E-state index in [1.807, 2.05) is 0 Å². The molecule has 3 N–H and O–H groups in total. The number of carbonyl (C=O) groups is 3. The number of aromatic nitrogens is 1. The normalized spacial score (nSPS) is 13.2. The van der Waals surface area contributed by atoms with Gasteiger partial charge in [-0.2, -0.15) is 0 Å². The van der Waals surface area contributed by atoms with E-state index in [9.17, 15) is 23.9 Å². The molecule has 0 saturated carbocycles. The van der Waals surface area contributed by atoms with Gasteiger partial charge in [-0.3, -0.25) is 14.5 Å². The standard InChI is InChI=1S/C27H29FN4O5S/c1-15(2)32-11-10-20-23(14-32)38-26(31-20)25(34)30-21-12-16(27(35)36)13-22(37-3)19(21)8-9-24(33)29-18-6-4-17(28)5-7-18/h4-7,12-13,15H,8-11,14H2,1-3H3,(H,29,33)(H,30,34)(H,35,36). The molecular formula is C27H29FN4O5S. The van der Waals surface area contributed by atoms with Gasteiger partial charge in [0.25, 0.3) is 5.91 Å². The number of carbonyl (C=O) groups excluding carboxylic acids is 2. The van der Waals surface area contributed by atoms with E-state index in [0.717, 1.165) is 30.1 Å². The molecule has 3 aromatic rings. The first-order valence-electron chi connectivity index (χ1n) is 12.2. The molecule has 0 bridgehead atoms. The molecule has 1 aliphatic heterocycles. The summed E-state index contributed by atoms with van der Waals surface area (Å²) in [7, 11) is 1.39. The second kappa shape index (κ2) is 11.7. The van der Waals surface area contributed by atoms with Crippen LogP contribution in [-0.2, 0) is 24.2 Å². The molecule has 0 spiro atoms. The minimum atomic E-state index is -1.18. The van der Waals surface area contributed by atoms with E-state index >= 15 is 0 Å². The lowest BCUT2D eigenvalue weighted by molar-refractivity contribution is -0.116. The number of thiazole rings is 1. The summed E-state index contributed by atoms with van der Waals surface area (Å²) < 4.78 is 18.6. The predicted molar refractivity (Wildman–Crippen MR) is 143 cm³/mol. The number of amides is 2. The Morgan fingerprint density at radius 3 is 2.58 bits per heavy atom. The van der Waals surface area contributed by atoms with Crippen LogP contribution in [0.15, 0.2) is 36.4 Å². The summed E-state index contributed by atoms with van der Waals surface area (Å²) in [5.41, 5.74) is 2.00. The van der Waals surface area contributed by atoms with Crippen molar-refractivity contribution >= 4 is 40.5 Å². The van der Waals surface area contributed by atoms with Gasteiger partial charge in [0.15, 0.2) is 5.01 Å². The number of carboxylic acid groups (broad SMARTS) is 1. The van der Waals surface area contributed by atoms with E-state index in [4.69, 9.17) is 4.74 Å².